The van der Waals surface area contributed by atoms with Crippen LogP contribution in [0.2, 0.25) is 0 Å². The third-order valence-corrected chi connectivity index (χ3v) is 6.09. The van der Waals surface area contributed by atoms with E-state index in [0.29, 0.717) is 0 Å². The van der Waals surface area contributed by atoms with Gasteiger partial charge in [0.2, 0.25) is 0 Å². The Kier molecular flexibility index (Phi) is 4.16. The molecule has 0 fully saturated rings. The van der Waals surface area contributed by atoms with Gasteiger partial charge in [0.25, 0.3) is 0 Å². The largest absolute Gasteiger partial charge is 0.332 e. The predicted octanol–water partition coefficient (Wildman–Crippen LogP) is 6.83. The highest BCUT2D eigenvalue weighted by Gasteiger charge is 2.07. The Bertz CT molecular complexity index is 1160. The van der Waals surface area contributed by atoms with Crippen LogP contribution >= 0.6 is 22.7 Å². The quantitative estimate of drug-likeness (QED) is 0.368. The summed E-state index contributed by atoms with van der Waals surface area (Å²) in [4.78, 5) is 9.40. The third-order valence-electron chi connectivity index (χ3n) is 4.25. The van der Waals surface area contributed by atoms with Crippen molar-refractivity contribution in [3.8, 4) is 21.8 Å². The molecule has 1 N–H and O–H groups in total. The number of aromatic nitrogens is 2. The fraction of sp³-hybridized carbons (Fsp3) is 0. The van der Waals surface area contributed by atoms with Crippen molar-refractivity contribution in [1.82, 2.24) is 9.97 Å². The number of rotatable bonds is 4. The van der Waals surface area contributed by atoms with Crippen molar-refractivity contribution in [2.24, 2.45) is 0 Å². The second-order valence-electron chi connectivity index (χ2n) is 6.09. The number of hydrogen-bond donors (Lipinski definition) is 1. The fourth-order valence-electron chi connectivity index (χ4n) is 2.89. The summed E-state index contributed by atoms with van der Waals surface area (Å²) >= 11 is 3.33. The molecule has 0 radical (unpaired) electrons. The van der Waals surface area contributed by atoms with Gasteiger partial charge in [-0.1, -0.05) is 65.9 Å². The Morgan fingerprint density at radius 3 is 2.30 bits per heavy atom. The van der Waals surface area contributed by atoms with Crippen molar-refractivity contribution < 1.29 is 0 Å². The zero-order chi connectivity index (χ0) is 18.1. The molecule has 3 aromatic carbocycles. The van der Waals surface area contributed by atoms with Gasteiger partial charge in [-0.15, -0.1) is 11.3 Å². The second-order valence-corrected chi connectivity index (χ2v) is 7.98. The molecule has 0 aliphatic heterocycles. The molecule has 0 bridgehead atoms. The van der Waals surface area contributed by atoms with Crippen LogP contribution in [0.15, 0.2) is 84.2 Å². The molecule has 0 saturated heterocycles. The van der Waals surface area contributed by atoms with Crippen LogP contribution < -0.4 is 5.32 Å². The summed E-state index contributed by atoms with van der Waals surface area (Å²) in [7, 11) is 0. The van der Waals surface area contributed by atoms with E-state index in [1.54, 1.807) is 22.7 Å². The van der Waals surface area contributed by atoms with Crippen molar-refractivity contribution in [3.63, 3.8) is 0 Å². The minimum absolute atomic E-state index is 0.906. The molecular weight excluding hydrogens is 370 g/mol. The molecule has 3 nitrogen and oxygen atoms in total. The molecule has 5 rings (SSSR count). The first kappa shape index (κ1) is 16.2. The lowest BCUT2D eigenvalue weighted by atomic mass is 10.1. The van der Waals surface area contributed by atoms with Crippen LogP contribution in [0, 0.1) is 0 Å². The molecule has 0 aliphatic carbocycles. The van der Waals surface area contributed by atoms with Crippen LogP contribution in [-0.4, -0.2) is 9.97 Å². The maximum Gasteiger partial charge on any atom is 0.188 e. The summed E-state index contributed by atoms with van der Waals surface area (Å²) in [5.74, 6) is 0. The number of fused-ring (bicyclic) bond motifs is 1. The van der Waals surface area contributed by atoms with Crippen LogP contribution in [0.3, 0.4) is 0 Å². The maximum absolute atomic E-state index is 4.78. The number of nitrogens with one attached hydrogen (secondary N) is 1. The average Bonchev–Trinajstić information content (AvgIpc) is 3.36. The van der Waals surface area contributed by atoms with Gasteiger partial charge in [0, 0.05) is 22.2 Å². The zero-order valence-electron chi connectivity index (χ0n) is 14.3. The van der Waals surface area contributed by atoms with Crippen LogP contribution in [-0.2, 0) is 0 Å². The molecule has 2 aromatic heterocycles. The molecule has 5 heteroatoms. The van der Waals surface area contributed by atoms with E-state index in [4.69, 9.17) is 4.98 Å². The van der Waals surface area contributed by atoms with Crippen LogP contribution in [0.4, 0.5) is 10.8 Å². The van der Waals surface area contributed by atoms with Gasteiger partial charge in [-0.2, -0.15) is 0 Å². The van der Waals surface area contributed by atoms with Crippen molar-refractivity contribution in [3.05, 3.63) is 84.2 Å². The maximum atomic E-state index is 4.78. The molecule has 0 amide bonds. The van der Waals surface area contributed by atoms with Crippen LogP contribution in [0.25, 0.3) is 32.0 Å². The zero-order valence-corrected chi connectivity index (χ0v) is 15.9. The fourth-order valence-corrected chi connectivity index (χ4v) is 4.61. The lowest BCUT2D eigenvalue weighted by molar-refractivity contribution is 1.40. The SMILES string of the molecule is c1ccc(-c2nc(-c3ccc(Nc4nc5ccccc5s4)cc3)cs2)cc1. The highest BCUT2D eigenvalue weighted by atomic mass is 32.1. The Morgan fingerprint density at radius 2 is 1.48 bits per heavy atom. The van der Waals surface area contributed by atoms with Gasteiger partial charge >= 0.3 is 0 Å². The monoisotopic (exact) mass is 385 g/mol. The average molecular weight is 386 g/mol. The minimum Gasteiger partial charge on any atom is -0.332 e. The molecule has 0 atom stereocenters. The van der Waals surface area contributed by atoms with Crippen molar-refractivity contribution in [2.45, 2.75) is 0 Å². The van der Waals surface area contributed by atoms with E-state index in [0.717, 1.165) is 38.2 Å². The molecule has 0 saturated carbocycles. The summed E-state index contributed by atoms with van der Waals surface area (Å²) < 4.78 is 1.19. The van der Waals surface area contributed by atoms with Gasteiger partial charge in [0.05, 0.1) is 15.9 Å². The molecule has 27 heavy (non-hydrogen) atoms. The van der Waals surface area contributed by atoms with Crippen molar-refractivity contribution >= 4 is 43.7 Å². The molecule has 130 valence electrons. The Balaban J connectivity index is 1.36. The second kappa shape index (κ2) is 6.95. The predicted molar refractivity (Wildman–Crippen MR) is 116 cm³/mol. The van der Waals surface area contributed by atoms with E-state index in [9.17, 15) is 0 Å². The van der Waals surface area contributed by atoms with E-state index >= 15 is 0 Å². The molecule has 2 heterocycles. The Labute approximate surface area is 165 Å². The highest BCUT2D eigenvalue weighted by molar-refractivity contribution is 7.22. The molecule has 0 unspecified atom stereocenters. The van der Waals surface area contributed by atoms with Gasteiger partial charge in [0.1, 0.15) is 5.01 Å². The van der Waals surface area contributed by atoms with Crippen molar-refractivity contribution in [2.75, 3.05) is 5.32 Å². The van der Waals surface area contributed by atoms with E-state index in [2.05, 4.69) is 58.1 Å². The smallest absolute Gasteiger partial charge is 0.188 e. The molecular formula is C22H15N3S2. The minimum atomic E-state index is 0.906. The number of para-hydroxylation sites is 1. The van der Waals surface area contributed by atoms with Crippen LogP contribution in [0.5, 0.6) is 0 Å². The van der Waals surface area contributed by atoms with E-state index < -0.39 is 0 Å². The first-order chi connectivity index (χ1) is 13.3. The van der Waals surface area contributed by atoms with E-state index in [1.807, 2.05) is 36.4 Å². The standard InChI is InChI=1S/C22H15N3S2/c1-2-6-16(7-3-1)21-24-19(14-26-21)15-10-12-17(13-11-15)23-22-25-18-8-4-5-9-20(18)27-22/h1-14H,(H,23,25). The van der Waals surface area contributed by atoms with Crippen molar-refractivity contribution in [1.29, 1.82) is 0 Å². The van der Waals surface area contributed by atoms with Gasteiger partial charge in [-0.25, -0.2) is 9.97 Å². The highest BCUT2D eigenvalue weighted by Crippen LogP contribution is 2.31. The van der Waals surface area contributed by atoms with Gasteiger partial charge in [-0.05, 0) is 24.3 Å². The van der Waals surface area contributed by atoms with Gasteiger partial charge in [0.15, 0.2) is 5.13 Å². The Hall–Kier alpha value is -3.02. The first-order valence-corrected chi connectivity index (χ1v) is 10.3. The van der Waals surface area contributed by atoms with Crippen LogP contribution in [0.1, 0.15) is 0 Å². The topological polar surface area (TPSA) is 37.8 Å². The summed E-state index contributed by atoms with van der Waals surface area (Å²) in [6.45, 7) is 0. The summed E-state index contributed by atoms with van der Waals surface area (Å²) in [6, 6.07) is 26.8. The number of thiazole rings is 2. The molecule has 5 aromatic rings. The Morgan fingerprint density at radius 1 is 0.704 bits per heavy atom. The third kappa shape index (κ3) is 3.35. The van der Waals surface area contributed by atoms with E-state index in [-0.39, 0.29) is 0 Å². The lowest BCUT2D eigenvalue weighted by Crippen LogP contribution is -1.89. The van der Waals surface area contributed by atoms with Gasteiger partial charge < -0.3 is 5.32 Å². The molecule has 0 aliphatic rings. The van der Waals surface area contributed by atoms with E-state index in [1.165, 1.54) is 4.70 Å². The van der Waals surface area contributed by atoms with Gasteiger partial charge in [-0.3, -0.25) is 0 Å². The number of benzene rings is 3. The summed E-state index contributed by atoms with van der Waals surface area (Å²) in [5.41, 5.74) is 5.32. The summed E-state index contributed by atoms with van der Waals surface area (Å²) in [6.07, 6.45) is 0. The lowest BCUT2D eigenvalue weighted by Gasteiger charge is -2.03. The molecule has 0 spiro atoms. The normalized spacial score (nSPS) is 11.0. The summed E-state index contributed by atoms with van der Waals surface area (Å²) in [5, 5.41) is 7.45. The number of nitrogens with zero attached hydrogens (tertiary/aromatic N) is 2. The first-order valence-electron chi connectivity index (χ1n) is 8.59. The number of hydrogen-bond acceptors (Lipinski definition) is 5. The number of anilines is 2.